The zero-order valence-electron chi connectivity index (χ0n) is 11.4. The third-order valence-electron chi connectivity index (χ3n) is 2.58. The van der Waals surface area contributed by atoms with Crippen molar-refractivity contribution in [3.05, 3.63) is 34.4 Å². The molecular weight excluding hydrogens is 310 g/mol. The van der Waals surface area contributed by atoms with Gasteiger partial charge in [-0.1, -0.05) is 11.8 Å². The van der Waals surface area contributed by atoms with Gasteiger partial charge in [-0.2, -0.15) is 0 Å². The van der Waals surface area contributed by atoms with Crippen LogP contribution in [0.15, 0.2) is 29.0 Å². The second-order valence-electron chi connectivity index (χ2n) is 4.23. The first-order valence-corrected chi connectivity index (χ1v) is 8.53. The Labute approximate surface area is 127 Å². The predicted octanol–water partition coefficient (Wildman–Crippen LogP) is 0.694. The minimum Gasteiger partial charge on any atom is -0.395 e. The summed E-state index contributed by atoms with van der Waals surface area (Å²) < 4.78 is 28.2. The van der Waals surface area contributed by atoms with Crippen LogP contribution in [0.3, 0.4) is 0 Å². The highest BCUT2D eigenvalue weighted by Crippen LogP contribution is 2.16. The summed E-state index contributed by atoms with van der Waals surface area (Å²) in [6.45, 7) is 0.179. The zero-order chi connectivity index (χ0) is 15.3. The first-order valence-electron chi connectivity index (χ1n) is 6.16. The molecule has 0 radical (unpaired) electrons. The van der Waals surface area contributed by atoms with E-state index in [-0.39, 0.29) is 18.2 Å². The van der Waals surface area contributed by atoms with Crippen molar-refractivity contribution >= 4 is 21.4 Å². The maximum absolute atomic E-state index is 12.1. The summed E-state index contributed by atoms with van der Waals surface area (Å²) in [5, 5.41) is 10.6. The van der Waals surface area contributed by atoms with Gasteiger partial charge in [-0.15, -0.1) is 11.3 Å². The summed E-state index contributed by atoms with van der Waals surface area (Å²) in [7, 11) is -1.91. The molecule has 0 bridgehead atoms. The van der Waals surface area contributed by atoms with E-state index in [1.807, 2.05) is 11.4 Å². The number of sulfonamides is 1. The second-order valence-corrected chi connectivity index (χ2v) is 6.95. The van der Waals surface area contributed by atoms with E-state index in [0.29, 0.717) is 6.42 Å². The van der Waals surface area contributed by atoms with Gasteiger partial charge in [0.05, 0.1) is 12.9 Å². The molecule has 0 fully saturated rings. The number of imidazole rings is 1. The number of aliphatic hydroxyl groups is 1. The second kappa shape index (κ2) is 6.87. The van der Waals surface area contributed by atoms with Crippen LogP contribution in [0.4, 0.5) is 0 Å². The molecule has 0 aromatic carbocycles. The smallest absolute Gasteiger partial charge is 0.259 e. The average molecular weight is 325 g/mol. The standard InChI is InChI=1S/C13H15N3O3S2/c1-16-9-13(14-10-16)21(18,19)15-8-12-11(5-7-20-12)4-2-3-6-17/h5,7,9-10,15,17H,3,6,8H2,1H3. The Hall–Kier alpha value is -1.66. The molecule has 2 aromatic rings. The van der Waals surface area contributed by atoms with Crippen LogP contribution >= 0.6 is 11.3 Å². The van der Waals surface area contributed by atoms with Gasteiger partial charge in [-0.05, 0) is 11.4 Å². The number of aliphatic hydroxyl groups excluding tert-OH is 1. The lowest BCUT2D eigenvalue weighted by atomic mass is 10.2. The summed E-state index contributed by atoms with van der Waals surface area (Å²) >= 11 is 1.43. The van der Waals surface area contributed by atoms with Gasteiger partial charge in [0.25, 0.3) is 10.0 Å². The number of rotatable bonds is 5. The van der Waals surface area contributed by atoms with Gasteiger partial charge in [0.15, 0.2) is 5.03 Å². The van der Waals surface area contributed by atoms with Crippen LogP contribution in [0, 0.1) is 11.8 Å². The van der Waals surface area contributed by atoms with E-state index in [1.54, 1.807) is 11.6 Å². The predicted molar refractivity (Wildman–Crippen MR) is 80.1 cm³/mol. The monoisotopic (exact) mass is 325 g/mol. The SMILES string of the molecule is Cn1cnc(S(=O)(=O)NCc2sccc2C#CCCO)c1. The molecule has 2 aromatic heterocycles. The first kappa shape index (κ1) is 15.7. The van der Waals surface area contributed by atoms with Crippen molar-refractivity contribution in [3.8, 4) is 11.8 Å². The Kier molecular flexibility index (Phi) is 5.14. The lowest BCUT2D eigenvalue weighted by Gasteiger charge is -2.03. The maximum Gasteiger partial charge on any atom is 0.259 e. The Morgan fingerprint density at radius 1 is 1.52 bits per heavy atom. The van der Waals surface area contributed by atoms with E-state index in [4.69, 9.17) is 5.11 Å². The lowest BCUT2D eigenvalue weighted by molar-refractivity contribution is 0.305. The average Bonchev–Trinajstić information content (AvgIpc) is 3.06. The number of hydrogen-bond acceptors (Lipinski definition) is 5. The van der Waals surface area contributed by atoms with Crippen molar-refractivity contribution in [2.45, 2.75) is 18.0 Å². The van der Waals surface area contributed by atoms with Crippen molar-refractivity contribution < 1.29 is 13.5 Å². The molecule has 112 valence electrons. The van der Waals surface area contributed by atoms with Crippen molar-refractivity contribution in [2.24, 2.45) is 7.05 Å². The molecule has 0 amide bonds. The summed E-state index contributed by atoms with van der Waals surface area (Å²) in [5.41, 5.74) is 0.775. The maximum atomic E-state index is 12.1. The van der Waals surface area contributed by atoms with Gasteiger partial charge in [-0.3, -0.25) is 0 Å². The molecule has 0 saturated carbocycles. The molecule has 0 aliphatic rings. The van der Waals surface area contributed by atoms with Crippen molar-refractivity contribution in [1.29, 1.82) is 0 Å². The van der Waals surface area contributed by atoms with E-state index in [0.717, 1.165) is 10.4 Å². The summed E-state index contributed by atoms with van der Waals surface area (Å²) in [6.07, 6.45) is 3.28. The van der Waals surface area contributed by atoms with E-state index in [9.17, 15) is 8.42 Å². The number of hydrogen-bond donors (Lipinski definition) is 2. The van der Waals surface area contributed by atoms with Gasteiger partial charge in [0, 0.05) is 36.7 Å². The number of aryl methyl sites for hydroxylation is 1. The highest BCUT2D eigenvalue weighted by atomic mass is 32.2. The largest absolute Gasteiger partial charge is 0.395 e. The molecule has 2 rings (SSSR count). The summed E-state index contributed by atoms with van der Waals surface area (Å²) in [5.74, 6) is 5.74. The summed E-state index contributed by atoms with van der Waals surface area (Å²) in [4.78, 5) is 4.66. The van der Waals surface area contributed by atoms with Crippen molar-refractivity contribution in [3.63, 3.8) is 0 Å². The lowest BCUT2D eigenvalue weighted by Crippen LogP contribution is -2.23. The van der Waals surface area contributed by atoms with Crippen LogP contribution in [-0.4, -0.2) is 29.7 Å². The Morgan fingerprint density at radius 3 is 3.00 bits per heavy atom. The molecule has 0 saturated heterocycles. The van der Waals surface area contributed by atoms with E-state index < -0.39 is 10.0 Å². The van der Waals surface area contributed by atoms with Gasteiger partial charge in [0.1, 0.15) is 0 Å². The van der Waals surface area contributed by atoms with Crippen molar-refractivity contribution in [2.75, 3.05) is 6.61 Å². The zero-order valence-corrected chi connectivity index (χ0v) is 13.0. The third-order valence-corrected chi connectivity index (χ3v) is 4.79. The molecule has 0 aliphatic heterocycles. The van der Waals surface area contributed by atoms with Gasteiger partial charge < -0.3 is 9.67 Å². The van der Waals surface area contributed by atoms with Crippen LogP contribution in [0.5, 0.6) is 0 Å². The topological polar surface area (TPSA) is 84.2 Å². The molecule has 2 N–H and O–H groups in total. The molecule has 21 heavy (non-hydrogen) atoms. The molecule has 0 atom stereocenters. The number of nitrogens with one attached hydrogen (secondary N) is 1. The normalized spacial score (nSPS) is 11.1. The minimum absolute atomic E-state index is 0.00512. The Bertz CT molecular complexity index is 766. The van der Waals surface area contributed by atoms with Gasteiger partial charge in [0.2, 0.25) is 0 Å². The van der Waals surface area contributed by atoms with Crippen LogP contribution in [0.25, 0.3) is 0 Å². The summed E-state index contributed by atoms with van der Waals surface area (Å²) in [6, 6.07) is 1.83. The molecule has 0 spiro atoms. The number of aromatic nitrogens is 2. The molecule has 2 heterocycles. The Morgan fingerprint density at radius 2 is 2.33 bits per heavy atom. The van der Waals surface area contributed by atoms with Crippen LogP contribution < -0.4 is 4.72 Å². The van der Waals surface area contributed by atoms with Crippen molar-refractivity contribution in [1.82, 2.24) is 14.3 Å². The molecular formula is C13H15N3O3S2. The fourth-order valence-corrected chi connectivity index (χ4v) is 3.40. The molecule has 8 heteroatoms. The van der Waals surface area contributed by atoms with E-state index in [1.165, 1.54) is 23.9 Å². The Balaban J connectivity index is 2.07. The number of nitrogens with zero attached hydrogens (tertiary/aromatic N) is 2. The highest BCUT2D eigenvalue weighted by Gasteiger charge is 2.17. The van der Waals surface area contributed by atoms with Crippen LogP contribution in [0.1, 0.15) is 16.9 Å². The first-order chi connectivity index (χ1) is 10.0. The van der Waals surface area contributed by atoms with Crippen LogP contribution in [-0.2, 0) is 23.6 Å². The third kappa shape index (κ3) is 4.15. The van der Waals surface area contributed by atoms with E-state index >= 15 is 0 Å². The fourth-order valence-electron chi connectivity index (χ4n) is 1.56. The minimum atomic E-state index is -3.62. The quantitative estimate of drug-likeness (QED) is 0.793. The molecule has 0 aliphatic carbocycles. The molecule has 0 unspecified atom stereocenters. The fraction of sp³-hybridized carbons (Fsp3) is 0.308. The highest BCUT2D eigenvalue weighted by molar-refractivity contribution is 7.89. The van der Waals surface area contributed by atoms with Crippen LogP contribution in [0.2, 0.25) is 0 Å². The number of thiophene rings is 1. The van der Waals surface area contributed by atoms with Gasteiger partial charge in [-0.25, -0.2) is 18.1 Å². The van der Waals surface area contributed by atoms with E-state index in [2.05, 4.69) is 21.5 Å². The van der Waals surface area contributed by atoms with Gasteiger partial charge >= 0.3 is 0 Å². The molecule has 6 nitrogen and oxygen atoms in total.